The summed E-state index contributed by atoms with van der Waals surface area (Å²) >= 11 is 0. The summed E-state index contributed by atoms with van der Waals surface area (Å²) in [5, 5.41) is 6.58. The van der Waals surface area contributed by atoms with Crippen molar-refractivity contribution in [2.24, 2.45) is 5.10 Å². The Morgan fingerprint density at radius 2 is 1.96 bits per heavy atom. The summed E-state index contributed by atoms with van der Waals surface area (Å²) in [5.74, 6) is 0.189. The Balaban J connectivity index is 1.93. The Kier molecular flexibility index (Phi) is 6.47. The van der Waals surface area contributed by atoms with Gasteiger partial charge in [-0.25, -0.2) is 5.43 Å². The van der Waals surface area contributed by atoms with E-state index >= 15 is 0 Å². The molecule has 0 radical (unpaired) electrons. The molecule has 25 heavy (non-hydrogen) atoms. The monoisotopic (exact) mass is 337 g/mol. The summed E-state index contributed by atoms with van der Waals surface area (Å²) in [5.41, 5.74) is 4.32. The number of anilines is 1. The number of hydrogen-bond acceptors (Lipinski definition) is 4. The van der Waals surface area contributed by atoms with E-state index in [4.69, 9.17) is 4.74 Å². The molecule has 2 amide bonds. The quantitative estimate of drug-likeness (QED) is 0.463. The maximum atomic E-state index is 12.0. The smallest absolute Gasteiger partial charge is 0.271 e. The number of benzene rings is 2. The minimum atomic E-state index is -0.343. The Morgan fingerprint density at radius 3 is 2.64 bits per heavy atom. The third kappa shape index (κ3) is 5.95. The number of hydrogen-bond donors (Lipinski definition) is 2. The fourth-order valence-electron chi connectivity index (χ4n) is 1.98. The molecule has 0 saturated carbocycles. The van der Waals surface area contributed by atoms with E-state index in [2.05, 4.69) is 22.4 Å². The van der Waals surface area contributed by atoms with E-state index in [1.54, 1.807) is 36.4 Å². The number of carbonyl (C=O) groups is 2. The van der Waals surface area contributed by atoms with E-state index in [1.807, 2.05) is 18.2 Å². The third-order valence-electron chi connectivity index (χ3n) is 3.07. The first kappa shape index (κ1) is 17.9. The highest BCUT2D eigenvalue weighted by molar-refractivity contribution is 5.96. The van der Waals surface area contributed by atoms with Crippen LogP contribution >= 0.6 is 0 Å². The van der Waals surface area contributed by atoms with E-state index in [0.29, 0.717) is 23.6 Å². The molecular weight excluding hydrogens is 318 g/mol. The van der Waals surface area contributed by atoms with Crippen molar-refractivity contribution < 1.29 is 14.3 Å². The zero-order valence-electron chi connectivity index (χ0n) is 13.9. The lowest BCUT2D eigenvalue weighted by atomic mass is 10.2. The van der Waals surface area contributed by atoms with Crippen molar-refractivity contribution in [1.82, 2.24) is 5.43 Å². The average Bonchev–Trinajstić information content (AvgIpc) is 2.60. The van der Waals surface area contributed by atoms with Gasteiger partial charge in [-0.05, 0) is 42.0 Å². The molecule has 128 valence electrons. The molecule has 0 atom stereocenters. The van der Waals surface area contributed by atoms with Gasteiger partial charge in [-0.3, -0.25) is 9.59 Å². The predicted molar refractivity (Wildman–Crippen MR) is 97.9 cm³/mol. The topological polar surface area (TPSA) is 79.8 Å². The van der Waals surface area contributed by atoms with Crippen molar-refractivity contribution in [3.63, 3.8) is 0 Å². The van der Waals surface area contributed by atoms with Crippen molar-refractivity contribution in [3.05, 3.63) is 72.3 Å². The van der Waals surface area contributed by atoms with Gasteiger partial charge in [0.1, 0.15) is 12.4 Å². The molecular formula is C19H19N3O3. The molecule has 0 aliphatic heterocycles. The molecule has 0 aliphatic rings. The van der Waals surface area contributed by atoms with Crippen LogP contribution in [0.5, 0.6) is 5.75 Å². The number of carbonyl (C=O) groups excluding carboxylic acids is 2. The molecule has 0 aromatic heterocycles. The van der Waals surface area contributed by atoms with Gasteiger partial charge in [0.05, 0.1) is 6.21 Å². The minimum Gasteiger partial charge on any atom is -0.490 e. The van der Waals surface area contributed by atoms with Gasteiger partial charge in [0.25, 0.3) is 5.91 Å². The maximum absolute atomic E-state index is 12.0. The molecule has 0 heterocycles. The summed E-state index contributed by atoms with van der Waals surface area (Å²) in [4.78, 5) is 23.0. The van der Waals surface area contributed by atoms with Crippen LogP contribution < -0.4 is 15.5 Å². The second kappa shape index (κ2) is 9.02. The standard InChI is InChI=1S/C19H19N3O3/c1-3-11-25-18-6-4-5-15(12-18)13-20-22-19(24)16-7-9-17(10-8-16)21-14(2)23/h3-10,12-13H,1,11H2,2H3,(H,21,23)(H,22,24). The summed E-state index contributed by atoms with van der Waals surface area (Å²) in [6.45, 7) is 5.44. The number of rotatable bonds is 7. The molecule has 0 saturated heterocycles. The number of amides is 2. The van der Waals surface area contributed by atoms with Gasteiger partial charge in [0.2, 0.25) is 5.91 Å². The van der Waals surface area contributed by atoms with Crippen LogP contribution in [-0.4, -0.2) is 24.6 Å². The fraction of sp³-hybridized carbons (Fsp3) is 0.105. The minimum absolute atomic E-state index is 0.166. The van der Waals surface area contributed by atoms with Crippen LogP contribution in [0.15, 0.2) is 66.3 Å². The van der Waals surface area contributed by atoms with Crippen LogP contribution in [0.1, 0.15) is 22.8 Å². The first-order valence-electron chi connectivity index (χ1n) is 7.63. The summed E-state index contributed by atoms with van der Waals surface area (Å²) in [6, 6.07) is 13.8. The van der Waals surface area contributed by atoms with Crippen LogP contribution in [0.4, 0.5) is 5.69 Å². The number of ether oxygens (including phenoxy) is 1. The van der Waals surface area contributed by atoms with Crippen molar-refractivity contribution in [2.45, 2.75) is 6.92 Å². The van der Waals surface area contributed by atoms with Crippen molar-refractivity contribution in [2.75, 3.05) is 11.9 Å². The van der Waals surface area contributed by atoms with Gasteiger partial charge in [-0.2, -0.15) is 5.10 Å². The highest BCUT2D eigenvalue weighted by atomic mass is 16.5. The predicted octanol–water partition coefficient (Wildman–Crippen LogP) is 2.97. The van der Waals surface area contributed by atoms with Gasteiger partial charge in [-0.1, -0.05) is 24.8 Å². The molecule has 6 heteroatoms. The number of hydrazone groups is 1. The molecule has 0 spiro atoms. The molecule has 0 bridgehead atoms. The van der Waals surface area contributed by atoms with Gasteiger partial charge in [0.15, 0.2) is 0 Å². The summed E-state index contributed by atoms with van der Waals surface area (Å²) < 4.78 is 5.43. The van der Waals surface area contributed by atoms with Crippen LogP contribution in [0.25, 0.3) is 0 Å². The molecule has 2 N–H and O–H groups in total. The van der Waals surface area contributed by atoms with Gasteiger partial charge in [0, 0.05) is 18.2 Å². The highest BCUT2D eigenvalue weighted by Gasteiger charge is 2.04. The first-order chi connectivity index (χ1) is 12.1. The molecule has 0 unspecified atom stereocenters. The average molecular weight is 337 g/mol. The van der Waals surface area contributed by atoms with Crippen molar-refractivity contribution in [3.8, 4) is 5.75 Å². The first-order valence-corrected chi connectivity index (χ1v) is 7.63. The Morgan fingerprint density at radius 1 is 1.20 bits per heavy atom. The lowest BCUT2D eigenvalue weighted by Gasteiger charge is -2.04. The molecule has 0 aliphatic carbocycles. The Bertz CT molecular complexity index is 783. The van der Waals surface area contributed by atoms with Crippen LogP contribution in [-0.2, 0) is 4.79 Å². The van der Waals surface area contributed by atoms with Crippen LogP contribution in [0.3, 0.4) is 0 Å². The molecule has 2 aromatic carbocycles. The molecule has 2 aromatic rings. The van der Waals surface area contributed by atoms with Gasteiger partial charge >= 0.3 is 0 Å². The lowest BCUT2D eigenvalue weighted by molar-refractivity contribution is -0.114. The largest absolute Gasteiger partial charge is 0.490 e. The molecule has 6 nitrogen and oxygen atoms in total. The zero-order chi connectivity index (χ0) is 18.1. The van der Waals surface area contributed by atoms with E-state index < -0.39 is 0 Å². The van der Waals surface area contributed by atoms with E-state index in [9.17, 15) is 9.59 Å². The Hall–Kier alpha value is -3.41. The fourth-order valence-corrected chi connectivity index (χ4v) is 1.98. The molecule has 2 rings (SSSR count). The van der Waals surface area contributed by atoms with E-state index in [1.165, 1.54) is 13.1 Å². The third-order valence-corrected chi connectivity index (χ3v) is 3.07. The highest BCUT2D eigenvalue weighted by Crippen LogP contribution is 2.12. The van der Waals surface area contributed by atoms with Gasteiger partial charge < -0.3 is 10.1 Å². The van der Waals surface area contributed by atoms with Crippen LogP contribution in [0, 0.1) is 0 Å². The normalized spacial score (nSPS) is 10.3. The zero-order valence-corrected chi connectivity index (χ0v) is 13.9. The van der Waals surface area contributed by atoms with Crippen molar-refractivity contribution in [1.29, 1.82) is 0 Å². The lowest BCUT2D eigenvalue weighted by Crippen LogP contribution is -2.17. The molecule has 0 fully saturated rings. The van der Waals surface area contributed by atoms with Crippen molar-refractivity contribution >= 4 is 23.7 Å². The maximum Gasteiger partial charge on any atom is 0.271 e. The number of nitrogens with zero attached hydrogens (tertiary/aromatic N) is 1. The summed E-state index contributed by atoms with van der Waals surface area (Å²) in [7, 11) is 0. The Labute approximate surface area is 146 Å². The summed E-state index contributed by atoms with van der Waals surface area (Å²) in [6.07, 6.45) is 3.20. The second-order valence-electron chi connectivity index (χ2n) is 5.13. The van der Waals surface area contributed by atoms with Gasteiger partial charge in [-0.15, -0.1) is 0 Å². The number of nitrogens with one attached hydrogen (secondary N) is 2. The SMILES string of the molecule is C=CCOc1cccc(C=NNC(=O)c2ccc(NC(C)=O)cc2)c1. The van der Waals surface area contributed by atoms with Crippen LogP contribution in [0.2, 0.25) is 0 Å². The second-order valence-corrected chi connectivity index (χ2v) is 5.13. The van der Waals surface area contributed by atoms with E-state index in [-0.39, 0.29) is 11.8 Å². The van der Waals surface area contributed by atoms with E-state index in [0.717, 1.165) is 5.56 Å².